The quantitative estimate of drug-likeness (QED) is 0.235. The van der Waals surface area contributed by atoms with Crippen LogP contribution in [0.3, 0.4) is 0 Å². The molecule has 0 heterocycles. The van der Waals surface area contributed by atoms with E-state index in [1.54, 1.807) is 20.0 Å². The third-order valence-electron chi connectivity index (χ3n) is 8.86. The second kappa shape index (κ2) is 11.0. The number of aliphatic hydroxyl groups is 4. The van der Waals surface area contributed by atoms with Crippen molar-refractivity contribution in [2.45, 2.75) is 43.3 Å². The Labute approximate surface area is 245 Å². The summed E-state index contributed by atoms with van der Waals surface area (Å²) in [5.74, 6) is -8.89. The van der Waals surface area contributed by atoms with E-state index in [-0.39, 0.29) is 23.6 Å². The molecule has 3 aliphatic rings. The number of phenolic OH excluding ortho intramolecular Hbond substituents is 1. The van der Waals surface area contributed by atoms with Crippen molar-refractivity contribution >= 4 is 28.5 Å². The molecule has 0 aliphatic heterocycles. The van der Waals surface area contributed by atoms with Gasteiger partial charge >= 0.3 is 0 Å². The lowest BCUT2D eigenvalue weighted by atomic mass is 9.55. The number of aliphatic hydroxyl groups excluding tert-OH is 3. The fourth-order valence-corrected chi connectivity index (χ4v) is 8.30. The first-order valence-electron chi connectivity index (χ1n) is 13.6. The maximum Gasteiger partial charge on any atom is 0.209 e. The number of phenols is 1. The van der Waals surface area contributed by atoms with Gasteiger partial charge < -0.3 is 30.1 Å². The molecule has 2 aromatic carbocycles. The van der Waals surface area contributed by atoms with Crippen LogP contribution in [0.2, 0.25) is 0 Å². The Kier molecular flexibility index (Phi) is 7.84. The molecule has 5 N–H and O–H groups in total. The highest BCUT2D eigenvalue weighted by Crippen LogP contribution is 2.56. The summed E-state index contributed by atoms with van der Waals surface area (Å²) >= 11 is -1.55. The Hall–Kier alpha value is -3.48. The van der Waals surface area contributed by atoms with Crippen LogP contribution >= 0.6 is 0 Å². The third-order valence-corrected chi connectivity index (χ3v) is 10.2. The number of likely N-dealkylation sites (N-methyl/N-ethyl adjacent to an activating group) is 1. The van der Waals surface area contributed by atoms with Crippen molar-refractivity contribution in [1.29, 1.82) is 0 Å². The number of ketones is 3. The van der Waals surface area contributed by atoms with Gasteiger partial charge in [-0.25, -0.2) is 0 Å². The second-order valence-corrected chi connectivity index (χ2v) is 12.6. The average molecular weight is 596 g/mol. The zero-order valence-corrected chi connectivity index (χ0v) is 24.2. The number of benzene rings is 2. The normalized spacial score (nSPS) is 29.7. The van der Waals surface area contributed by atoms with Gasteiger partial charge in [0.15, 0.2) is 17.2 Å². The lowest BCUT2D eigenvalue weighted by Gasteiger charge is -2.54. The SMILES string of the molecule is CCN(C)[C@@H]1C(O)=C(C(C)=O)C(=O)[C@@]2(O)C(O)=C3C(=O)c4c(O)cccc4C(C[S+]([O-])Cc4ccccc4)C3C(O)C12. The molecule has 0 amide bonds. The highest BCUT2D eigenvalue weighted by atomic mass is 32.2. The molecule has 5 rings (SSSR count). The minimum Gasteiger partial charge on any atom is -0.616 e. The zero-order valence-electron chi connectivity index (χ0n) is 23.4. The predicted molar refractivity (Wildman–Crippen MR) is 153 cm³/mol. The van der Waals surface area contributed by atoms with Gasteiger partial charge in [0, 0.05) is 23.0 Å². The number of Topliss-reactive ketones (excluding diaryl/α,β-unsaturated/α-hetero) is 3. The van der Waals surface area contributed by atoms with Crippen molar-refractivity contribution in [2.24, 2.45) is 11.8 Å². The number of hydrogen-bond donors (Lipinski definition) is 5. The van der Waals surface area contributed by atoms with Crippen molar-refractivity contribution in [3.63, 3.8) is 0 Å². The van der Waals surface area contributed by atoms with Gasteiger partial charge in [-0.15, -0.1) is 0 Å². The number of carbonyl (C=O) groups is 3. The average Bonchev–Trinajstić information content (AvgIpc) is 2.94. The summed E-state index contributed by atoms with van der Waals surface area (Å²) in [4.78, 5) is 41.6. The summed E-state index contributed by atoms with van der Waals surface area (Å²) in [5.41, 5.74) is -3.25. The van der Waals surface area contributed by atoms with Gasteiger partial charge in [0.2, 0.25) is 5.78 Å². The molecule has 10 nitrogen and oxygen atoms in total. The molecule has 0 bridgehead atoms. The Morgan fingerprint density at radius 2 is 1.74 bits per heavy atom. The largest absolute Gasteiger partial charge is 0.616 e. The van der Waals surface area contributed by atoms with Gasteiger partial charge in [-0.1, -0.05) is 49.4 Å². The minimum atomic E-state index is -2.93. The Morgan fingerprint density at radius 1 is 1.07 bits per heavy atom. The minimum absolute atomic E-state index is 0.0922. The van der Waals surface area contributed by atoms with Crippen molar-refractivity contribution < 1.29 is 44.5 Å². The van der Waals surface area contributed by atoms with Crippen molar-refractivity contribution in [3.8, 4) is 5.75 Å². The molecule has 0 saturated carbocycles. The summed E-state index contributed by atoms with van der Waals surface area (Å²) in [6.45, 7) is 3.02. The highest BCUT2D eigenvalue weighted by Gasteiger charge is 2.67. The van der Waals surface area contributed by atoms with Gasteiger partial charge in [-0.2, -0.15) is 0 Å². The number of hydrogen-bond acceptors (Lipinski definition) is 10. The van der Waals surface area contributed by atoms with Crippen LogP contribution in [0.5, 0.6) is 5.75 Å². The van der Waals surface area contributed by atoms with E-state index in [2.05, 4.69) is 0 Å². The summed E-state index contributed by atoms with van der Waals surface area (Å²) in [6.07, 6.45) is -1.72. The van der Waals surface area contributed by atoms with Crippen molar-refractivity contribution in [3.05, 3.63) is 87.9 Å². The van der Waals surface area contributed by atoms with Crippen LogP contribution in [0.15, 0.2) is 71.2 Å². The predicted octanol–water partition coefficient (Wildman–Crippen LogP) is 2.08. The topological polar surface area (TPSA) is 179 Å². The van der Waals surface area contributed by atoms with E-state index in [1.807, 2.05) is 30.3 Å². The van der Waals surface area contributed by atoms with E-state index >= 15 is 0 Å². The first-order chi connectivity index (χ1) is 19.9. The molecule has 42 heavy (non-hydrogen) atoms. The molecule has 2 aromatic rings. The van der Waals surface area contributed by atoms with Gasteiger partial charge in [0.1, 0.15) is 34.3 Å². The molecule has 0 fully saturated rings. The van der Waals surface area contributed by atoms with Crippen LogP contribution in [0.1, 0.15) is 41.3 Å². The van der Waals surface area contributed by atoms with Crippen LogP contribution in [0, 0.1) is 11.8 Å². The van der Waals surface area contributed by atoms with Gasteiger partial charge in [-0.05, 0) is 43.3 Å². The van der Waals surface area contributed by atoms with Crippen LogP contribution in [-0.4, -0.2) is 89.4 Å². The lowest BCUT2D eigenvalue weighted by molar-refractivity contribution is -0.162. The van der Waals surface area contributed by atoms with Gasteiger partial charge in [-0.3, -0.25) is 19.3 Å². The van der Waals surface area contributed by atoms with Crippen LogP contribution in [-0.2, 0) is 26.5 Å². The summed E-state index contributed by atoms with van der Waals surface area (Å²) in [7, 11) is 1.56. The summed E-state index contributed by atoms with van der Waals surface area (Å²) in [5, 5.41) is 57.6. The zero-order chi connectivity index (χ0) is 30.7. The summed E-state index contributed by atoms with van der Waals surface area (Å²) < 4.78 is 13.5. The molecule has 0 spiro atoms. The fourth-order valence-electron chi connectivity index (χ4n) is 6.83. The monoisotopic (exact) mass is 595 g/mol. The van der Waals surface area contributed by atoms with Crippen molar-refractivity contribution in [2.75, 3.05) is 19.3 Å². The first-order valence-corrected chi connectivity index (χ1v) is 15.1. The molecule has 11 heteroatoms. The second-order valence-electron chi connectivity index (χ2n) is 11.1. The molecule has 5 unspecified atom stereocenters. The smallest absolute Gasteiger partial charge is 0.209 e. The maximum absolute atomic E-state index is 13.9. The highest BCUT2D eigenvalue weighted by molar-refractivity contribution is 7.90. The molecule has 0 aromatic heterocycles. The van der Waals surface area contributed by atoms with E-state index in [0.29, 0.717) is 5.56 Å². The number of rotatable bonds is 7. The van der Waals surface area contributed by atoms with E-state index in [9.17, 15) is 44.5 Å². The molecule has 7 atom stereocenters. The van der Waals surface area contributed by atoms with Crippen LogP contribution < -0.4 is 0 Å². The fraction of sp³-hybridized carbons (Fsp3) is 0.387. The Bertz CT molecular complexity index is 1520. The van der Waals surface area contributed by atoms with Crippen LogP contribution in [0.25, 0.3) is 0 Å². The van der Waals surface area contributed by atoms with E-state index in [1.165, 1.54) is 17.0 Å². The molecular formula is C31H33NO9S. The van der Waals surface area contributed by atoms with Gasteiger partial charge in [0.05, 0.1) is 23.6 Å². The maximum atomic E-state index is 13.9. The molecule has 3 aliphatic carbocycles. The number of fused-ring (bicyclic) bond motifs is 3. The molecule has 0 radical (unpaired) electrons. The Balaban J connectivity index is 1.72. The lowest BCUT2D eigenvalue weighted by Crippen LogP contribution is -2.68. The van der Waals surface area contributed by atoms with Crippen LogP contribution in [0.4, 0.5) is 0 Å². The van der Waals surface area contributed by atoms with E-state index < -0.39 is 92.4 Å². The number of aromatic hydroxyl groups is 1. The van der Waals surface area contributed by atoms with Gasteiger partial charge in [0.25, 0.3) is 0 Å². The standard InChI is InChI=1S/C31H33NO9S/c1-4-32(3)25-24-27(36)22-18(14-42(41)13-16-9-6-5-7-10-16)17-11-8-12-19(34)21(17)26(35)23(22)30(39)31(24,40)29(38)20(15(2)33)28(25)37/h5-12,18,22,24-25,27,34,36-37,39-40H,4,13-14H2,1-3H3/t18?,22?,24?,25-,27?,31+,42?/m0/s1. The molecule has 222 valence electrons. The number of carbonyl (C=O) groups excluding carboxylic acids is 3. The van der Waals surface area contributed by atoms with E-state index in [0.717, 1.165) is 12.5 Å². The molecular weight excluding hydrogens is 562 g/mol. The Morgan fingerprint density at radius 3 is 2.36 bits per heavy atom. The number of nitrogens with zero attached hydrogens (tertiary/aromatic N) is 1. The van der Waals surface area contributed by atoms with E-state index in [4.69, 9.17) is 0 Å². The van der Waals surface area contributed by atoms with Crippen molar-refractivity contribution in [1.82, 2.24) is 4.90 Å². The first kappa shape index (κ1) is 30.0. The third kappa shape index (κ3) is 4.38. The molecule has 0 saturated heterocycles. The summed E-state index contributed by atoms with van der Waals surface area (Å²) in [6, 6.07) is 12.2.